The second-order valence-electron chi connectivity index (χ2n) is 5.68. The van der Waals surface area contributed by atoms with E-state index in [1.807, 2.05) is 31.4 Å². The Labute approximate surface area is 141 Å². The minimum Gasteiger partial charge on any atom is -0.548 e. The Balaban J connectivity index is 2.55. The minimum absolute atomic E-state index is 0.219. The Morgan fingerprint density at radius 3 is 2.57 bits per heavy atom. The molecule has 23 heavy (non-hydrogen) atoms. The maximum absolute atomic E-state index is 11.8. The predicted octanol–water partition coefficient (Wildman–Crippen LogP) is 1.49. The van der Waals surface area contributed by atoms with Crippen molar-refractivity contribution in [1.82, 2.24) is 5.32 Å². The highest BCUT2D eigenvalue weighted by Crippen LogP contribution is 2.23. The fourth-order valence-electron chi connectivity index (χ4n) is 2.26. The monoisotopic (exact) mass is 338 g/mol. The van der Waals surface area contributed by atoms with Crippen LogP contribution in [0.3, 0.4) is 0 Å². The van der Waals surface area contributed by atoms with Gasteiger partial charge in [0.1, 0.15) is 5.75 Å². The molecule has 0 saturated carbocycles. The predicted molar refractivity (Wildman–Crippen MR) is 90.7 cm³/mol. The van der Waals surface area contributed by atoms with Gasteiger partial charge in [-0.2, -0.15) is 11.8 Å². The molecule has 0 aliphatic carbocycles. The normalized spacial score (nSPS) is 12.0. The zero-order chi connectivity index (χ0) is 17.4. The summed E-state index contributed by atoms with van der Waals surface area (Å²) in [6.45, 7) is 6.01. The first kappa shape index (κ1) is 19.4. The van der Waals surface area contributed by atoms with Gasteiger partial charge in [-0.25, -0.2) is 0 Å². The number of rotatable bonds is 9. The van der Waals surface area contributed by atoms with Crippen LogP contribution in [0, 0.1) is 6.92 Å². The lowest BCUT2D eigenvalue weighted by atomic mass is 9.98. The van der Waals surface area contributed by atoms with E-state index in [4.69, 9.17) is 4.74 Å². The largest absolute Gasteiger partial charge is 0.548 e. The molecule has 0 aliphatic rings. The maximum Gasteiger partial charge on any atom is 0.258 e. The van der Waals surface area contributed by atoms with Crippen molar-refractivity contribution in [1.29, 1.82) is 0 Å². The molecule has 0 heterocycles. The number of carboxylic acids is 1. The van der Waals surface area contributed by atoms with Crippen molar-refractivity contribution in [3.8, 4) is 5.75 Å². The van der Waals surface area contributed by atoms with Crippen LogP contribution in [0.25, 0.3) is 0 Å². The van der Waals surface area contributed by atoms with Gasteiger partial charge in [0.15, 0.2) is 6.61 Å². The molecule has 6 heteroatoms. The van der Waals surface area contributed by atoms with E-state index in [0.29, 0.717) is 23.8 Å². The third-order valence-electron chi connectivity index (χ3n) is 3.46. The van der Waals surface area contributed by atoms with Gasteiger partial charge in [-0.1, -0.05) is 19.9 Å². The number of hydrogen-bond donors (Lipinski definition) is 1. The van der Waals surface area contributed by atoms with E-state index in [2.05, 4.69) is 19.2 Å². The standard InChI is InChI=1S/C17H25NO4S/c1-11(2)14-6-5-13(9-12(14)3)22-10-16(19)18-15(17(20)21)7-8-23-4/h5-6,9,11,15H,7-8,10H2,1-4H3,(H,18,19)(H,20,21)/p-1/t15-/m1/s1. The maximum atomic E-state index is 11.8. The van der Waals surface area contributed by atoms with Crippen LogP contribution in [0.2, 0.25) is 0 Å². The van der Waals surface area contributed by atoms with Crippen LogP contribution in [-0.2, 0) is 9.59 Å². The van der Waals surface area contributed by atoms with Crippen molar-refractivity contribution in [2.24, 2.45) is 0 Å². The number of nitrogens with one attached hydrogen (secondary N) is 1. The number of ether oxygens (including phenoxy) is 1. The molecule has 128 valence electrons. The minimum atomic E-state index is -1.27. The first-order valence-corrected chi connectivity index (χ1v) is 8.97. The third kappa shape index (κ3) is 6.52. The summed E-state index contributed by atoms with van der Waals surface area (Å²) in [5.74, 6) is -0.0884. The van der Waals surface area contributed by atoms with Crippen molar-refractivity contribution in [3.63, 3.8) is 0 Å². The quantitative estimate of drug-likeness (QED) is 0.738. The third-order valence-corrected chi connectivity index (χ3v) is 4.11. The molecule has 1 rings (SSSR count). The van der Waals surface area contributed by atoms with Crippen molar-refractivity contribution < 1.29 is 19.4 Å². The van der Waals surface area contributed by atoms with E-state index < -0.39 is 17.9 Å². The lowest BCUT2D eigenvalue weighted by Crippen LogP contribution is -2.49. The Morgan fingerprint density at radius 1 is 1.35 bits per heavy atom. The molecule has 0 aromatic heterocycles. The molecule has 0 aliphatic heterocycles. The van der Waals surface area contributed by atoms with Crippen molar-refractivity contribution in [2.45, 2.75) is 39.2 Å². The topological polar surface area (TPSA) is 78.5 Å². The van der Waals surface area contributed by atoms with Gasteiger partial charge in [0, 0.05) is 0 Å². The molecule has 1 aromatic rings. The van der Waals surface area contributed by atoms with Gasteiger partial charge < -0.3 is 20.0 Å². The van der Waals surface area contributed by atoms with Gasteiger partial charge in [0.05, 0.1) is 12.0 Å². The zero-order valence-electron chi connectivity index (χ0n) is 14.0. The smallest absolute Gasteiger partial charge is 0.258 e. The van der Waals surface area contributed by atoms with Gasteiger partial charge in [0.2, 0.25) is 0 Å². The lowest BCUT2D eigenvalue weighted by Gasteiger charge is -2.19. The molecule has 0 radical (unpaired) electrons. The number of aryl methyl sites for hydroxylation is 1. The van der Waals surface area contributed by atoms with Gasteiger partial charge in [-0.05, 0) is 54.5 Å². The fourth-order valence-corrected chi connectivity index (χ4v) is 2.73. The summed E-state index contributed by atoms with van der Waals surface area (Å²) in [5, 5.41) is 13.4. The molecule has 1 amide bonds. The summed E-state index contributed by atoms with van der Waals surface area (Å²) in [7, 11) is 0. The van der Waals surface area contributed by atoms with E-state index in [0.717, 1.165) is 5.56 Å². The molecule has 1 N–H and O–H groups in total. The van der Waals surface area contributed by atoms with Crippen LogP contribution in [0.1, 0.15) is 37.3 Å². The lowest BCUT2D eigenvalue weighted by molar-refractivity contribution is -0.308. The number of amides is 1. The van der Waals surface area contributed by atoms with Crippen LogP contribution in [0.15, 0.2) is 18.2 Å². The zero-order valence-corrected chi connectivity index (χ0v) is 14.9. The van der Waals surface area contributed by atoms with Crippen molar-refractivity contribution >= 4 is 23.6 Å². The second-order valence-corrected chi connectivity index (χ2v) is 6.67. The highest BCUT2D eigenvalue weighted by Gasteiger charge is 2.14. The SMILES string of the molecule is CSCC[C@@H](NC(=O)COc1ccc(C(C)C)c(C)c1)C(=O)[O-]. The molecular formula is C17H24NO4S-. The van der Waals surface area contributed by atoms with Crippen LogP contribution < -0.4 is 15.2 Å². The van der Waals surface area contributed by atoms with Crippen LogP contribution in [0.5, 0.6) is 5.75 Å². The highest BCUT2D eigenvalue weighted by molar-refractivity contribution is 7.98. The molecule has 1 aromatic carbocycles. The number of hydrogen-bond acceptors (Lipinski definition) is 5. The summed E-state index contributed by atoms with van der Waals surface area (Å²) in [6.07, 6.45) is 2.21. The number of carboxylic acid groups (broad SMARTS) is 1. The van der Waals surface area contributed by atoms with Gasteiger partial charge in [0.25, 0.3) is 5.91 Å². The number of carbonyl (C=O) groups excluding carboxylic acids is 2. The molecule has 1 atom stereocenters. The van der Waals surface area contributed by atoms with Gasteiger partial charge in [-0.3, -0.25) is 4.79 Å². The Bertz CT molecular complexity index is 545. The molecular weight excluding hydrogens is 314 g/mol. The molecule has 0 saturated heterocycles. The summed E-state index contributed by atoms with van der Waals surface area (Å²) in [6, 6.07) is 4.70. The number of thioether (sulfide) groups is 1. The Kier molecular flexibility index (Phi) is 7.95. The van der Waals surface area contributed by atoms with Gasteiger partial charge in [-0.15, -0.1) is 0 Å². The van der Waals surface area contributed by atoms with E-state index in [1.165, 1.54) is 17.3 Å². The Morgan fingerprint density at radius 2 is 2.04 bits per heavy atom. The van der Waals surface area contributed by atoms with Gasteiger partial charge >= 0.3 is 0 Å². The molecule has 0 fully saturated rings. The molecule has 0 unspecified atom stereocenters. The summed E-state index contributed by atoms with van der Waals surface area (Å²) in [4.78, 5) is 22.8. The molecule has 0 spiro atoms. The first-order valence-electron chi connectivity index (χ1n) is 7.57. The fraction of sp³-hybridized carbons (Fsp3) is 0.529. The van der Waals surface area contributed by atoms with E-state index in [1.54, 1.807) is 0 Å². The number of carbonyl (C=O) groups is 2. The molecule has 0 bridgehead atoms. The summed E-state index contributed by atoms with van der Waals surface area (Å²) < 4.78 is 5.44. The van der Waals surface area contributed by atoms with Crippen molar-refractivity contribution in [2.75, 3.05) is 18.6 Å². The average molecular weight is 338 g/mol. The second kappa shape index (κ2) is 9.45. The number of benzene rings is 1. The van der Waals surface area contributed by atoms with E-state index in [-0.39, 0.29) is 6.61 Å². The Hall–Kier alpha value is -1.69. The van der Waals surface area contributed by atoms with Crippen LogP contribution in [-0.4, -0.2) is 36.5 Å². The highest BCUT2D eigenvalue weighted by atomic mass is 32.2. The molecule has 5 nitrogen and oxygen atoms in total. The van der Waals surface area contributed by atoms with Crippen molar-refractivity contribution in [3.05, 3.63) is 29.3 Å². The van der Waals surface area contributed by atoms with Crippen LogP contribution in [0.4, 0.5) is 0 Å². The summed E-state index contributed by atoms with van der Waals surface area (Å²) >= 11 is 1.52. The van der Waals surface area contributed by atoms with Crippen LogP contribution >= 0.6 is 11.8 Å². The van der Waals surface area contributed by atoms with E-state index >= 15 is 0 Å². The number of aliphatic carboxylic acids is 1. The van der Waals surface area contributed by atoms with E-state index in [9.17, 15) is 14.7 Å². The average Bonchev–Trinajstić information content (AvgIpc) is 2.48. The first-order chi connectivity index (χ1) is 10.8. The summed E-state index contributed by atoms with van der Waals surface area (Å²) in [5.41, 5.74) is 2.33.